The minimum Gasteiger partial charge on any atom is -0.325 e. The van der Waals surface area contributed by atoms with E-state index in [0.29, 0.717) is 17.1 Å². The van der Waals surface area contributed by atoms with Crippen molar-refractivity contribution >= 4 is 35.0 Å². The normalized spacial score (nSPS) is 11.8. The molecule has 0 aliphatic carbocycles. The highest BCUT2D eigenvalue weighted by Crippen LogP contribution is 2.31. The van der Waals surface area contributed by atoms with E-state index in [9.17, 15) is 4.79 Å². The highest BCUT2D eigenvalue weighted by molar-refractivity contribution is 7.98. The standard InChI is InChI=1S/C22H21ClN2OS/c23-19-14-18(11-12-21(19)27-15-17-9-5-2-6-10-17)25-22(26)20(24)13-16-7-3-1-4-8-16/h1-12,14,20H,13,15,24H2,(H,25,26)/t20-/m0/s1. The van der Waals surface area contributed by atoms with Crippen LogP contribution in [-0.4, -0.2) is 11.9 Å². The zero-order chi connectivity index (χ0) is 19.1. The minimum atomic E-state index is -0.613. The van der Waals surface area contributed by atoms with Crippen molar-refractivity contribution in [2.75, 3.05) is 5.32 Å². The molecule has 1 atom stereocenters. The number of benzene rings is 3. The number of anilines is 1. The van der Waals surface area contributed by atoms with Crippen LogP contribution in [0.4, 0.5) is 5.69 Å². The van der Waals surface area contributed by atoms with Crippen LogP contribution in [0.25, 0.3) is 0 Å². The van der Waals surface area contributed by atoms with Gasteiger partial charge in [-0.15, -0.1) is 11.8 Å². The summed E-state index contributed by atoms with van der Waals surface area (Å²) in [7, 11) is 0. The maximum absolute atomic E-state index is 12.3. The second kappa shape index (κ2) is 9.60. The lowest BCUT2D eigenvalue weighted by molar-refractivity contribution is -0.117. The third-order valence-corrected chi connectivity index (χ3v) is 5.64. The van der Waals surface area contributed by atoms with Crippen molar-refractivity contribution in [3.63, 3.8) is 0 Å². The molecule has 3 rings (SSSR count). The number of halogens is 1. The van der Waals surface area contributed by atoms with Gasteiger partial charge in [0.15, 0.2) is 0 Å². The second-order valence-corrected chi connectivity index (χ2v) is 7.63. The lowest BCUT2D eigenvalue weighted by Gasteiger charge is -2.13. The number of nitrogens with two attached hydrogens (primary N) is 1. The SMILES string of the molecule is N[C@@H](Cc1ccccc1)C(=O)Nc1ccc(SCc2ccccc2)c(Cl)c1. The molecule has 0 aliphatic rings. The van der Waals surface area contributed by atoms with Crippen LogP contribution in [-0.2, 0) is 17.0 Å². The molecule has 138 valence electrons. The lowest BCUT2D eigenvalue weighted by atomic mass is 10.1. The zero-order valence-electron chi connectivity index (χ0n) is 14.8. The summed E-state index contributed by atoms with van der Waals surface area (Å²) >= 11 is 8.05. The van der Waals surface area contributed by atoms with Crippen LogP contribution in [0.2, 0.25) is 5.02 Å². The topological polar surface area (TPSA) is 55.1 Å². The average molecular weight is 397 g/mol. The molecular weight excluding hydrogens is 376 g/mol. The monoisotopic (exact) mass is 396 g/mol. The number of nitrogens with one attached hydrogen (secondary N) is 1. The van der Waals surface area contributed by atoms with Crippen molar-refractivity contribution in [3.05, 3.63) is 95.0 Å². The number of carbonyl (C=O) groups is 1. The molecule has 0 heterocycles. The van der Waals surface area contributed by atoms with Crippen molar-refractivity contribution < 1.29 is 4.79 Å². The quantitative estimate of drug-likeness (QED) is 0.543. The molecule has 3 aromatic rings. The van der Waals surface area contributed by atoms with E-state index in [4.69, 9.17) is 17.3 Å². The molecule has 0 aromatic heterocycles. The minimum absolute atomic E-state index is 0.223. The van der Waals surface area contributed by atoms with E-state index in [2.05, 4.69) is 17.4 Å². The van der Waals surface area contributed by atoms with Crippen molar-refractivity contribution in [2.45, 2.75) is 23.1 Å². The fourth-order valence-electron chi connectivity index (χ4n) is 2.63. The first kappa shape index (κ1) is 19.5. The van der Waals surface area contributed by atoms with E-state index in [1.54, 1.807) is 17.8 Å². The molecule has 3 aromatic carbocycles. The molecule has 1 amide bonds. The van der Waals surface area contributed by atoms with Crippen molar-refractivity contribution in [3.8, 4) is 0 Å². The Hall–Kier alpha value is -2.27. The first-order valence-electron chi connectivity index (χ1n) is 8.68. The third-order valence-electron chi connectivity index (χ3n) is 4.07. The van der Waals surface area contributed by atoms with Gasteiger partial charge in [0.1, 0.15) is 0 Å². The highest BCUT2D eigenvalue weighted by atomic mass is 35.5. The van der Waals surface area contributed by atoms with Gasteiger partial charge in [0.2, 0.25) is 5.91 Å². The Labute approximate surface area is 168 Å². The van der Waals surface area contributed by atoms with Crippen LogP contribution in [0.15, 0.2) is 83.8 Å². The Morgan fingerprint density at radius 3 is 2.22 bits per heavy atom. The summed E-state index contributed by atoms with van der Waals surface area (Å²) in [5.74, 6) is 0.619. The van der Waals surface area contributed by atoms with E-state index in [1.165, 1.54) is 5.56 Å². The summed E-state index contributed by atoms with van der Waals surface area (Å²) in [5.41, 5.74) is 8.95. The predicted molar refractivity (Wildman–Crippen MR) is 114 cm³/mol. The molecule has 5 heteroatoms. The summed E-state index contributed by atoms with van der Waals surface area (Å²) < 4.78 is 0. The fourth-order valence-corrected chi connectivity index (χ4v) is 3.85. The van der Waals surface area contributed by atoms with Crippen LogP contribution >= 0.6 is 23.4 Å². The first-order chi connectivity index (χ1) is 13.1. The number of carbonyl (C=O) groups excluding carboxylic acids is 1. The van der Waals surface area contributed by atoms with Gasteiger partial charge in [0.05, 0.1) is 11.1 Å². The van der Waals surface area contributed by atoms with Crippen LogP contribution in [0.1, 0.15) is 11.1 Å². The molecular formula is C22H21ClN2OS. The summed E-state index contributed by atoms with van der Waals surface area (Å²) in [5, 5.41) is 3.46. The number of thioether (sulfide) groups is 1. The molecule has 0 unspecified atom stereocenters. The highest BCUT2D eigenvalue weighted by Gasteiger charge is 2.15. The van der Waals surface area contributed by atoms with Gasteiger partial charge in [-0.1, -0.05) is 72.3 Å². The van der Waals surface area contributed by atoms with Gasteiger partial charge < -0.3 is 11.1 Å². The molecule has 0 fully saturated rings. The Kier molecular flexibility index (Phi) is 6.93. The van der Waals surface area contributed by atoms with Crippen LogP contribution < -0.4 is 11.1 Å². The van der Waals surface area contributed by atoms with Gasteiger partial charge in [-0.2, -0.15) is 0 Å². The number of hydrogen-bond acceptors (Lipinski definition) is 3. The smallest absolute Gasteiger partial charge is 0.241 e. The summed E-state index contributed by atoms with van der Waals surface area (Å²) in [4.78, 5) is 13.3. The van der Waals surface area contributed by atoms with Gasteiger partial charge in [-0.3, -0.25) is 4.79 Å². The molecule has 0 radical (unpaired) electrons. The van der Waals surface area contributed by atoms with Gasteiger partial charge >= 0.3 is 0 Å². The van der Waals surface area contributed by atoms with Gasteiger partial charge in [0.25, 0.3) is 0 Å². The predicted octanol–water partition coefficient (Wildman–Crippen LogP) is 5.14. The van der Waals surface area contributed by atoms with E-state index in [0.717, 1.165) is 16.2 Å². The second-order valence-electron chi connectivity index (χ2n) is 6.20. The summed E-state index contributed by atoms with van der Waals surface area (Å²) in [6.45, 7) is 0. The Morgan fingerprint density at radius 1 is 0.963 bits per heavy atom. The van der Waals surface area contributed by atoms with Crippen LogP contribution in [0.5, 0.6) is 0 Å². The van der Waals surface area contributed by atoms with Crippen molar-refractivity contribution in [2.24, 2.45) is 5.73 Å². The maximum Gasteiger partial charge on any atom is 0.241 e. The zero-order valence-corrected chi connectivity index (χ0v) is 16.3. The van der Waals surface area contributed by atoms with Crippen LogP contribution in [0.3, 0.4) is 0 Å². The largest absolute Gasteiger partial charge is 0.325 e. The van der Waals surface area contributed by atoms with E-state index >= 15 is 0 Å². The molecule has 0 saturated heterocycles. The Balaban J connectivity index is 1.57. The average Bonchev–Trinajstić information content (AvgIpc) is 2.69. The molecule has 0 bridgehead atoms. The van der Waals surface area contributed by atoms with Crippen LogP contribution in [0, 0.1) is 0 Å². The van der Waals surface area contributed by atoms with Gasteiger partial charge in [-0.25, -0.2) is 0 Å². The number of hydrogen-bond donors (Lipinski definition) is 2. The van der Waals surface area contributed by atoms with Gasteiger partial charge in [0, 0.05) is 16.3 Å². The molecule has 3 nitrogen and oxygen atoms in total. The Bertz CT molecular complexity index is 887. The number of amides is 1. The molecule has 0 aliphatic heterocycles. The number of rotatable bonds is 7. The molecule has 0 spiro atoms. The molecule has 27 heavy (non-hydrogen) atoms. The fraction of sp³-hybridized carbons (Fsp3) is 0.136. The summed E-state index contributed by atoms with van der Waals surface area (Å²) in [6.07, 6.45) is 0.491. The lowest BCUT2D eigenvalue weighted by Crippen LogP contribution is -2.37. The van der Waals surface area contributed by atoms with E-state index in [-0.39, 0.29) is 5.91 Å². The molecule has 0 saturated carbocycles. The van der Waals surface area contributed by atoms with E-state index in [1.807, 2.05) is 60.7 Å². The first-order valence-corrected chi connectivity index (χ1v) is 10.0. The van der Waals surface area contributed by atoms with E-state index < -0.39 is 6.04 Å². The van der Waals surface area contributed by atoms with Gasteiger partial charge in [-0.05, 0) is 35.7 Å². The summed E-state index contributed by atoms with van der Waals surface area (Å²) in [6, 6.07) is 24.9. The van der Waals surface area contributed by atoms with Crippen molar-refractivity contribution in [1.29, 1.82) is 0 Å². The Morgan fingerprint density at radius 2 is 1.59 bits per heavy atom. The van der Waals surface area contributed by atoms with Crippen molar-refractivity contribution in [1.82, 2.24) is 0 Å². The maximum atomic E-state index is 12.3. The third kappa shape index (κ3) is 5.86. The molecule has 3 N–H and O–H groups in total.